The number of sulfonamides is 1. The highest BCUT2D eigenvalue weighted by atomic mass is 32.2. The molecule has 2 aromatic carbocycles. The van der Waals surface area contributed by atoms with Gasteiger partial charge in [-0.2, -0.15) is 4.31 Å². The smallest absolute Gasteiger partial charge is 0.404 e. The van der Waals surface area contributed by atoms with E-state index in [2.05, 4.69) is 5.32 Å². The number of rotatable bonds is 13. The van der Waals surface area contributed by atoms with Crippen molar-refractivity contribution in [2.45, 2.75) is 37.3 Å². The van der Waals surface area contributed by atoms with Gasteiger partial charge in [-0.1, -0.05) is 26.0 Å². The number of nitrogens with zero attached hydrogens (tertiary/aromatic N) is 1. The van der Waals surface area contributed by atoms with Crippen LogP contribution in [-0.4, -0.2) is 79.4 Å². The third-order valence-corrected chi connectivity index (χ3v) is 7.28. The average Bonchev–Trinajstić information content (AvgIpc) is 3.30. The minimum atomic E-state index is -4.04. The van der Waals surface area contributed by atoms with Crippen molar-refractivity contribution in [1.29, 1.82) is 0 Å². The van der Waals surface area contributed by atoms with Crippen LogP contribution in [-0.2, 0) is 16.4 Å². The molecule has 0 fully saturated rings. The number of aliphatic hydroxyl groups excluding tert-OH is 2. The maximum atomic E-state index is 13.5. The second-order valence-corrected chi connectivity index (χ2v) is 10.7. The number of nitrogens with one attached hydrogen (secondary N) is 1. The quantitative estimate of drug-likeness (QED) is 0.306. The molecule has 0 spiro atoms. The summed E-state index contributed by atoms with van der Waals surface area (Å²) in [5.41, 5.74) is 0.707. The van der Waals surface area contributed by atoms with Crippen LogP contribution in [0, 0.1) is 5.92 Å². The predicted octanol–water partition coefficient (Wildman–Crippen LogP) is 1.67. The van der Waals surface area contributed by atoms with Gasteiger partial charge in [-0.05, 0) is 42.2 Å². The van der Waals surface area contributed by atoms with Crippen molar-refractivity contribution < 1.29 is 42.7 Å². The van der Waals surface area contributed by atoms with E-state index in [0.717, 1.165) is 4.31 Å². The first kappa shape index (κ1) is 27.5. The molecule has 2 atom stereocenters. The van der Waals surface area contributed by atoms with Crippen LogP contribution < -0.4 is 19.5 Å². The van der Waals surface area contributed by atoms with Crippen molar-refractivity contribution in [1.82, 2.24) is 9.62 Å². The lowest BCUT2D eigenvalue weighted by molar-refractivity contribution is 0.0980. The van der Waals surface area contributed by atoms with Crippen molar-refractivity contribution in [2.24, 2.45) is 5.92 Å². The first-order chi connectivity index (χ1) is 17.1. The Morgan fingerprint density at radius 2 is 1.81 bits per heavy atom. The van der Waals surface area contributed by atoms with Crippen molar-refractivity contribution in [2.75, 3.05) is 33.1 Å². The molecule has 12 heteroatoms. The van der Waals surface area contributed by atoms with E-state index in [4.69, 9.17) is 19.3 Å². The van der Waals surface area contributed by atoms with E-state index in [9.17, 15) is 23.4 Å². The van der Waals surface area contributed by atoms with E-state index in [-0.39, 0.29) is 50.3 Å². The first-order valence-electron chi connectivity index (χ1n) is 11.5. The maximum Gasteiger partial charge on any atom is 0.404 e. The van der Waals surface area contributed by atoms with Gasteiger partial charge in [-0.25, -0.2) is 13.2 Å². The molecule has 1 heterocycles. The predicted molar refractivity (Wildman–Crippen MR) is 130 cm³/mol. The number of carboxylic acid groups (broad SMARTS) is 1. The summed E-state index contributed by atoms with van der Waals surface area (Å²) < 4.78 is 44.0. The van der Waals surface area contributed by atoms with E-state index in [0.29, 0.717) is 22.8 Å². The molecule has 1 aliphatic heterocycles. The zero-order valence-electron chi connectivity index (χ0n) is 20.2. The highest BCUT2D eigenvalue weighted by molar-refractivity contribution is 7.89. The molecule has 1 aliphatic rings. The molecule has 2 aromatic rings. The number of benzene rings is 2. The zero-order chi connectivity index (χ0) is 26.3. The lowest BCUT2D eigenvalue weighted by Crippen LogP contribution is -2.50. The van der Waals surface area contributed by atoms with Crippen molar-refractivity contribution in [3.8, 4) is 17.2 Å². The molecule has 36 heavy (non-hydrogen) atoms. The number of fused-ring (bicyclic) bond motifs is 1. The van der Waals surface area contributed by atoms with Crippen LogP contribution in [0.1, 0.15) is 19.4 Å². The highest BCUT2D eigenvalue weighted by Gasteiger charge is 2.32. The van der Waals surface area contributed by atoms with Crippen LogP contribution >= 0.6 is 0 Å². The molecule has 0 bridgehead atoms. The molecule has 4 N–H and O–H groups in total. The fourth-order valence-electron chi connectivity index (χ4n) is 3.78. The topological polar surface area (TPSA) is 155 Å². The van der Waals surface area contributed by atoms with Crippen molar-refractivity contribution in [3.63, 3.8) is 0 Å². The van der Waals surface area contributed by atoms with Gasteiger partial charge in [0.25, 0.3) is 0 Å². The number of ether oxygens (including phenoxy) is 3. The Bertz CT molecular complexity index is 1120. The van der Waals surface area contributed by atoms with E-state index < -0.39 is 28.3 Å². The summed E-state index contributed by atoms with van der Waals surface area (Å²) in [6, 6.07) is 10.1. The van der Waals surface area contributed by atoms with E-state index in [1.54, 1.807) is 24.3 Å². The fraction of sp³-hybridized carbons (Fsp3) is 0.458. The summed E-state index contributed by atoms with van der Waals surface area (Å²) in [6.45, 7) is 3.52. The molecular formula is C24H32N2O9S. The first-order valence-corrected chi connectivity index (χ1v) is 12.9. The molecule has 0 radical (unpaired) electrons. The van der Waals surface area contributed by atoms with Crippen LogP contribution in [0.4, 0.5) is 4.79 Å². The molecule has 0 saturated heterocycles. The number of amides is 1. The average molecular weight is 525 g/mol. The van der Waals surface area contributed by atoms with Crippen LogP contribution in [0.2, 0.25) is 0 Å². The third-order valence-electron chi connectivity index (χ3n) is 5.45. The van der Waals surface area contributed by atoms with Crippen molar-refractivity contribution >= 4 is 16.1 Å². The molecule has 0 saturated carbocycles. The molecule has 198 valence electrons. The molecule has 11 nitrogen and oxygen atoms in total. The zero-order valence-corrected chi connectivity index (χ0v) is 21.0. The molecule has 0 aliphatic carbocycles. The van der Waals surface area contributed by atoms with Gasteiger partial charge in [-0.3, -0.25) is 0 Å². The summed E-state index contributed by atoms with van der Waals surface area (Å²) in [6.07, 6.45) is -2.56. The van der Waals surface area contributed by atoms with Gasteiger partial charge in [0, 0.05) is 19.2 Å². The Balaban J connectivity index is 1.79. The lowest BCUT2D eigenvalue weighted by Gasteiger charge is -2.30. The van der Waals surface area contributed by atoms with Crippen molar-refractivity contribution in [3.05, 3.63) is 48.0 Å². The van der Waals surface area contributed by atoms with Gasteiger partial charge >= 0.3 is 6.09 Å². The summed E-state index contributed by atoms with van der Waals surface area (Å²) in [4.78, 5) is 11.4. The minimum absolute atomic E-state index is 0.00430. The van der Waals surface area contributed by atoms with E-state index in [1.807, 2.05) is 13.8 Å². The van der Waals surface area contributed by atoms with Crippen LogP contribution in [0.3, 0.4) is 0 Å². The molecule has 3 rings (SSSR count). The van der Waals surface area contributed by atoms with Gasteiger partial charge in [0.2, 0.25) is 16.8 Å². The lowest BCUT2D eigenvalue weighted by atomic mass is 10.0. The number of carbonyl (C=O) groups is 1. The normalized spacial score (nSPS) is 14.6. The van der Waals surface area contributed by atoms with E-state index in [1.165, 1.54) is 18.2 Å². The molecule has 0 unspecified atom stereocenters. The fourth-order valence-corrected chi connectivity index (χ4v) is 5.42. The Morgan fingerprint density at radius 1 is 1.11 bits per heavy atom. The SMILES string of the molecule is CC(C)CN(C[C@@H](O)[C@H](Cc1ccc(OCCO)cc1)NC(=O)O)S(=O)(=O)c1ccc2c(c1)OCO2. The van der Waals surface area contributed by atoms with Crippen LogP contribution in [0.25, 0.3) is 0 Å². The van der Waals surface area contributed by atoms with Crippen LogP contribution in [0.15, 0.2) is 47.4 Å². The molecular weight excluding hydrogens is 492 g/mol. The summed E-state index contributed by atoms with van der Waals surface area (Å²) in [7, 11) is -4.04. The second kappa shape index (κ2) is 12.3. The van der Waals surface area contributed by atoms with Gasteiger partial charge in [0.1, 0.15) is 12.4 Å². The number of aliphatic hydroxyl groups is 2. The summed E-state index contributed by atoms with van der Waals surface area (Å²) in [5, 5.41) is 31.5. The number of hydrogen-bond donors (Lipinski definition) is 4. The maximum absolute atomic E-state index is 13.5. The Morgan fingerprint density at radius 3 is 2.44 bits per heavy atom. The van der Waals surface area contributed by atoms with Gasteiger partial charge < -0.3 is 34.8 Å². The largest absolute Gasteiger partial charge is 0.491 e. The highest BCUT2D eigenvalue weighted by Crippen LogP contribution is 2.34. The molecule has 0 aromatic heterocycles. The minimum Gasteiger partial charge on any atom is -0.491 e. The Labute approximate surface area is 210 Å². The summed E-state index contributed by atoms with van der Waals surface area (Å²) >= 11 is 0. The molecule has 1 amide bonds. The van der Waals surface area contributed by atoms with Gasteiger partial charge in [0.05, 0.1) is 23.6 Å². The monoisotopic (exact) mass is 524 g/mol. The second-order valence-electron chi connectivity index (χ2n) is 8.77. The Kier molecular flexibility index (Phi) is 9.37. The standard InChI is InChI=1S/C24H32N2O9S/c1-16(2)13-26(36(31,32)19-7-8-22-23(12-19)35-15-34-22)14-21(28)20(25-24(29)30)11-17-3-5-18(6-4-17)33-10-9-27/h3-8,12,16,20-21,25,27-28H,9-11,13-15H2,1-2H3,(H,29,30)/t20-,21+/m0/s1. The third kappa shape index (κ3) is 7.23. The van der Waals surface area contributed by atoms with Crippen LogP contribution in [0.5, 0.6) is 17.2 Å². The van der Waals surface area contributed by atoms with Gasteiger partial charge in [-0.15, -0.1) is 0 Å². The Hall–Kier alpha value is -3.06. The number of hydrogen-bond acceptors (Lipinski definition) is 8. The van der Waals surface area contributed by atoms with E-state index >= 15 is 0 Å². The van der Waals surface area contributed by atoms with Gasteiger partial charge in [0.15, 0.2) is 11.5 Å². The summed E-state index contributed by atoms with van der Waals surface area (Å²) in [5.74, 6) is 1.24.